The molecule has 0 fully saturated rings. The van der Waals surface area contributed by atoms with Crippen LogP contribution >= 0.6 is 11.6 Å². The Hall–Kier alpha value is -2.52. The second kappa shape index (κ2) is 6.31. The Labute approximate surface area is 139 Å². The van der Waals surface area contributed by atoms with Crippen LogP contribution in [0.5, 0.6) is 11.5 Å². The van der Waals surface area contributed by atoms with Gasteiger partial charge < -0.3 is 9.47 Å². The number of methoxy groups -OCH3 is 2. The topological polar surface area (TPSA) is 35.5 Å². The Morgan fingerprint density at radius 3 is 2.26 bits per heavy atom. The van der Waals surface area contributed by atoms with Crippen LogP contribution in [0.15, 0.2) is 54.6 Å². The molecule has 0 N–H and O–H groups in total. The van der Waals surface area contributed by atoms with E-state index < -0.39 is 0 Å². The fourth-order valence-electron chi connectivity index (χ4n) is 2.56. The summed E-state index contributed by atoms with van der Waals surface area (Å²) >= 11 is 5.90. The van der Waals surface area contributed by atoms with Gasteiger partial charge in [-0.3, -0.25) is 4.79 Å². The van der Waals surface area contributed by atoms with Crippen molar-refractivity contribution in [3.8, 4) is 11.5 Å². The highest BCUT2D eigenvalue weighted by molar-refractivity contribution is 6.30. The van der Waals surface area contributed by atoms with E-state index in [0.717, 1.165) is 10.8 Å². The molecule has 3 rings (SSSR count). The van der Waals surface area contributed by atoms with Gasteiger partial charge in [-0.05, 0) is 47.9 Å². The van der Waals surface area contributed by atoms with Crippen molar-refractivity contribution in [2.24, 2.45) is 0 Å². The quantitative estimate of drug-likeness (QED) is 0.649. The summed E-state index contributed by atoms with van der Waals surface area (Å²) in [5.74, 6) is 1.11. The number of rotatable bonds is 4. The van der Waals surface area contributed by atoms with Gasteiger partial charge in [-0.25, -0.2) is 0 Å². The molecule has 116 valence electrons. The Bertz CT molecular complexity index is 864. The van der Waals surface area contributed by atoms with Crippen LogP contribution in [-0.2, 0) is 0 Å². The molecule has 0 saturated carbocycles. The summed E-state index contributed by atoms with van der Waals surface area (Å²) < 4.78 is 10.7. The molecule has 0 aliphatic heterocycles. The minimum atomic E-state index is -0.114. The number of benzene rings is 3. The molecule has 0 spiro atoms. The Balaban J connectivity index is 2.24. The van der Waals surface area contributed by atoms with Gasteiger partial charge >= 0.3 is 0 Å². The van der Waals surface area contributed by atoms with Crippen LogP contribution in [0.3, 0.4) is 0 Å². The maximum atomic E-state index is 13.0. The molecule has 0 aliphatic rings. The van der Waals surface area contributed by atoms with Crippen LogP contribution in [0.2, 0.25) is 5.02 Å². The molecular formula is C19H15ClO3. The molecule has 3 aromatic rings. The van der Waals surface area contributed by atoms with E-state index in [2.05, 4.69) is 0 Å². The summed E-state index contributed by atoms with van der Waals surface area (Å²) in [7, 11) is 3.15. The summed E-state index contributed by atoms with van der Waals surface area (Å²) in [6, 6.07) is 16.2. The maximum Gasteiger partial charge on any atom is 0.197 e. The average Bonchev–Trinajstić information content (AvgIpc) is 2.60. The molecule has 3 nitrogen and oxygen atoms in total. The Morgan fingerprint density at radius 2 is 1.61 bits per heavy atom. The Morgan fingerprint density at radius 1 is 0.913 bits per heavy atom. The van der Waals surface area contributed by atoms with Crippen molar-refractivity contribution in [2.75, 3.05) is 14.2 Å². The zero-order valence-corrected chi connectivity index (χ0v) is 13.6. The lowest BCUT2D eigenvalue weighted by Gasteiger charge is -2.12. The van der Waals surface area contributed by atoms with Crippen molar-refractivity contribution in [3.05, 3.63) is 70.7 Å². The number of ether oxygens (including phenoxy) is 2. The van der Waals surface area contributed by atoms with Crippen LogP contribution in [0.1, 0.15) is 15.9 Å². The highest BCUT2D eigenvalue weighted by Gasteiger charge is 2.18. The fourth-order valence-corrected chi connectivity index (χ4v) is 2.68. The van der Waals surface area contributed by atoms with E-state index in [9.17, 15) is 4.79 Å². The third-order valence-electron chi connectivity index (χ3n) is 3.74. The lowest BCUT2D eigenvalue weighted by Crippen LogP contribution is -2.05. The number of fused-ring (bicyclic) bond motifs is 1. The molecule has 0 saturated heterocycles. The average molecular weight is 327 g/mol. The third-order valence-corrected chi connectivity index (χ3v) is 4.00. The third kappa shape index (κ3) is 2.88. The van der Waals surface area contributed by atoms with Gasteiger partial charge in [-0.15, -0.1) is 0 Å². The van der Waals surface area contributed by atoms with Crippen molar-refractivity contribution in [3.63, 3.8) is 0 Å². The van der Waals surface area contributed by atoms with E-state index in [4.69, 9.17) is 21.1 Å². The molecule has 0 heterocycles. The first-order chi connectivity index (χ1) is 11.1. The molecular weight excluding hydrogens is 312 g/mol. The van der Waals surface area contributed by atoms with Gasteiger partial charge in [-0.1, -0.05) is 23.7 Å². The molecule has 0 radical (unpaired) electrons. The first-order valence-electron chi connectivity index (χ1n) is 7.09. The van der Waals surface area contributed by atoms with Crippen LogP contribution < -0.4 is 9.47 Å². The minimum absolute atomic E-state index is 0.114. The van der Waals surface area contributed by atoms with Gasteiger partial charge in [0.1, 0.15) is 11.5 Å². The van der Waals surface area contributed by atoms with E-state index in [0.29, 0.717) is 27.6 Å². The molecule has 3 aromatic carbocycles. The predicted molar refractivity (Wildman–Crippen MR) is 91.9 cm³/mol. The van der Waals surface area contributed by atoms with E-state index in [1.807, 2.05) is 24.3 Å². The first-order valence-corrected chi connectivity index (χ1v) is 7.47. The largest absolute Gasteiger partial charge is 0.497 e. The monoisotopic (exact) mass is 326 g/mol. The highest BCUT2D eigenvalue weighted by atomic mass is 35.5. The molecule has 0 unspecified atom stereocenters. The summed E-state index contributed by atoms with van der Waals surface area (Å²) in [6.45, 7) is 0. The zero-order chi connectivity index (χ0) is 16.4. The molecule has 23 heavy (non-hydrogen) atoms. The smallest absolute Gasteiger partial charge is 0.197 e. The molecule has 0 aromatic heterocycles. The van der Waals surface area contributed by atoms with Crippen LogP contribution in [0, 0.1) is 0 Å². The maximum absolute atomic E-state index is 13.0. The van der Waals surface area contributed by atoms with E-state index in [1.54, 1.807) is 44.6 Å². The second-order valence-electron chi connectivity index (χ2n) is 5.07. The van der Waals surface area contributed by atoms with E-state index >= 15 is 0 Å². The normalized spacial score (nSPS) is 10.6. The van der Waals surface area contributed by atoms with Crippen LogP contribution in [-0.4, -0.2) is 20.0 Å². The fraction of sp³-hybridized carbons (Fsp3) is 0.105. The number of halogens is 1. The summed E-state index contributed by atoms with van der Waals surface area (Å²) in [6.07, 6.45) is 0. The molecule has 4 heteroatoms. The number of hydrogen-bond donors (Lipinski definition) is 0. The summed E-state index contributed by atoms with van der Waals surface area (Å²) in [5.41, 5.74) is 1.08. The standard InChI is InChI=1S/C19H15ClO3/c1-22-15-9-5-12-6-10-17(23-2)18(16(12)11-15)19(21)13-3-7-14(20)8-4-13/h3-11H,1-2H3. The number of carbonyl (C=O) groups is 1. The van der Waals surface area contributed by atoms with Crippen molar-refractivity contribution < 1.29 is 14.3 Å². The SMILES string of the molecule is COc1ccc2ccc(OC)c(C(=O)c3ccc(Cl)cc3)c2c1. The van der Waals surface area contributed by atoms with Crippen molar-refractivity contribution in [1.82, 2.24) is 0 Å². The van der Waals surface area contributed by atoms with Gasteiger partial charge in [0, 0.05) is 16.0 Å². The molecule has 0 aliphatic carbocycles. The van der Waals surface area contributed by atoms with Crippen LogP contribution in [0.25, 0.3) is 10.8 Å². The van der Waals surface area contributed by atoms with Gasteiger partial charge in [-0.2, -0.15) is 0 Å². The van der Waals surface area contributed by atoms with E-state index in [1.165, 1.54) is 0 Å². The van der Waals surface area contributed by atoms with Crippen molar-refractivity contribution >= 4 is 28.2 Å². The zero-order valence-electron chi connectivity index (χ0n) is 12.8. The summed E-state index contributed by atoms with van der Waals surface area (Å²) in [5, 5.41) is 2.33. The molecule has 0 bridgehead atoms. The van der Waals surface area contributed by atoms with Gasteiger partial charge in [0.05, 0.1) is 19.8 Å². The van der Waals surface area contributed by atoms with Crippen molar-refractivity contribution in [2.45, 2.75) is 0 Å². The predicted octanol–water partition coefficient (Wildman–Crippen LogP) is 4.74. The van der Waals surface area contributed by atoms with Gasteiger partial charge in [0.25, 0.3) is 0 Å². The molecule has 0 atom stereocenters. The molecule has 0 amide bonds. The second-order valence-corrected chi connectivity index (χ2v) is 5.50. The van der Waals surface area contributed by atoms with Crippen molar-refractivity contribution in [1.29, 1.82) is 0 Å². The summed E-state index contributed by atoms with van der Waals surface area (Å²) in [4.78, 5) is 13.0. The number of ketones is 1. The lowest BCUT2D eigenvalue weighted by atomic mass is 9.96. The lowest BCUT2D eigenvalue weighted by molar-refractivity contribution is 0.103. The minimum Gasteiger partial charge on any atom is -0.497 e. The highest BCUT2D eigenvalue weighted by Crippen LogP contribution is 2.32. The van der Waals surface area contributed by atoms with Crippen LogP contribution in [0.4, 0.5) is 0 Å². The Kier molecular flexibility index (Phi) is 4.22. The first kappa shape index (κ1) is 15.4. The van der Waals surface area contributed by atoms with Gasteiger partial charge in [0.15, 0.2) is 5.78 Å². The number of hydrogen-bond acceptors (Lipinski definition) is 3. The number of carbonyl (C=O) groups excluding carboxylic acids is 1. The van der Waals surface area contributed by atoms with E-state index in [-0.39, 0.29) is 5.78 Å². The van der Waals surface area contributed by atoms with Gasteiger partial charge in [0.2, 0.25) is 0 Å².